The Balaban J connectivity index is 3.02. The average Bonchev–Trinajstić information content (AvgIpc) is 2.14. The molecule has 0 aliphatic carbocycles. The lowest BCUT2D eigenvalue weighted by Gasteiger charge is -2.47. The minimum Gasteiger partial charge on any atom is -0.466 e. The van der Waals surface area contributed by atoms with Crippen molar-refractivity contribution in [2.24, 2.45) is 11.3 Å². The van der Waals surface area contributed by atoms with Crippen molar-refractivity contribution < 1.29 is 9.53 Å². The number of carbonyl (C=O) groups excluding carboxylic acids is 1. The third-order valence-electron chi connectivity index (χ3n) is 3.41. The molecular formula is C13H22N2O2. The van der Waals surface area contributed by atoms with Crippen LogP contribution in [0.25, 0.3) is 0 Å². The standard InChI is InChI=1S/C13H22N2O2/c1-6-17-11(16)10-9(2)15-12(3,4)7-13(10,5)8-14/h9-10,15H,6-7H2,1-5H3. The van der Waals surface area contributed by atoms with Gasteiger partial charge in [0.25, 0.3) is 0 Å². The summed E-state index contributed by atoms with van der Waals surface area (Å²) < 4.78 is 5.09. The summed E-state index contributed by atoms with van der Waals surface area (Å²) in [5.41, 5.74) is -0.798. The summed E-state index contributed by atoms with van der Waals surface area (Å²) in [4.78, 5) is 12.0. The molecule has 0 saturated carbocycles. The molecule has 0 aromatic rings. The molecule has 0 aromatic carbocycles. The molecule has 1 aliphatic rings. The molecular weight excluding hydrogens is 216 g/mol. The highest BCUT2D eigenvalue weighted by Gasteiger charge is 2.51. The van der Waals surface area contributed by atoms with E-state index in [-0.39, 0.29) is 17.6 Å². The Labute approximate surface area is 103 Å². The fraction of sp³-hybridized carbons (Fsp3) is 0.846. The van der Waals surface area contributed by atoms with Crippen molar-refractivity contribution in [3.05, 3.63) is 0 Å². The zero-order valence-electron chi connectivity index (χ0n) is 11.3. The number of nitriles is 1. The van der Waals surface area contributed by atoms with Crippen LogP contribution in [0.5, 0.6) is 0 Å². The summed E-state index contributed by atoms with van der Waals surface area (Å²) in [5, 5.41) is 12.8. The molecule has 96 valence electrons. The summed E-state index contributed by atoms with van der Waals surface area (Å²) >= 11 is 0. The third-order valence-corrected chi connectivity index (χ3v) is 3.41. The quantitative estimate of drug-likeness (QED) is 0.746. The lowest BCUT2D eigenvalue weighted by Crippen LogP contribution is -2.61. The lowest BCUT2D eigenvalue weighted by atomic mass is 9.64. The maximum atomic E-state index is 12.0. The largest absolute Gasteiger partial charge is 0.466 e. The van der Waals surface area contributed by atoms with E-state index in [2.05, 4.69) is 25.2 Å². The van der Waals surface area contributed by atoms with Gasteiger partial charge in [-0.2, -0.15) is 5.26 Å². The highest BCUT2D eigenvalue weighted by atomic mass is 16.5. The van der Waals surface area contributed by atoms with Crippen LogP contribution in [0.2, 0.25) is 0 Å². The first-order valence-electron chi connectivity index (χ1n) is 6.11. The van der Waals surface area contributed by atoms with E-state index in [1.54, 1.807) is 6.92 Å². The number of esters is 1. The summed E-state index contributed by atoms with van der Waals surface area (Å²) in [7, 11) is 0. The minimum absolute atomic E-state index is 0.0533. The van der Waals surface area contributed by atoms with Gasteiger partial charge in [0.1, 0.15) is 0 Å². The first-order chi connectivity index (χ1) is 7.75. The molecule has 1 saturated heterocycles. The molecule has 0 radical (unpaired) electrons. The summed E-state index contributed by atoms with van der Waals surface area (Å²) in [6.45, 7) is 10.0. The molecule has 0 spiro atoms. The van der Waals surface area contributed by atoms with Crippen molar-refractivity contribution in [3.8, 4) is 6.07 Å². The Kier molecular flexibility index (Phi) is 3.83. The van der Waals surface area contributed by atoms with Crippen LogP contribution in [0.4, 0.5) is 0 Å². The van der Waals surface area contributed by atoms with Gasteiger partial charge in [0.05, 0.1) is 24.0 Å². The van der Waals surface area contributed by atoms with Crippen molar-refractivity contribution in [2.45, 2.75) is 52.6 Å². The van der Waals surface area contributed by atoms with E-state index in [1.165, 1.54) is 0 Å². The Morgan fingerprint density at radius 2 is 2.12 bits per heavy atom. The van der Waals surface area contributed by atoms with E-state index >= 15 is 0 Å². The van der Waals surface area contributed by atoms with Gasteiger partial charge < -0.3 is 10.1 Å². The first-order valence-corrected chi connectivity index (χ1v) is 6.11. The second-order valence-electron chi connectivity index (χ2n) is 5.75. The summed E-state index contributed by atoms with van der Waals surface area (Å²) in [6.07, 6.45) is 0.643. The Morgan fingerprint density at radius 1 is 1.53 bits per heavy atom. The van der Waals surface area contributed by atoms with Crippen molar-refractivity contribution in [1.82, 2.24) is 5.32 Å². The Hall–Kier alpha value is -1.08. The zero-order valence-corrected chi connectivity index (χ0v) is 11.3. The average molecular weight is 238 g/mol. The van der Waals surface area contributed by atoms with E-state index in [9.17, 15) is 10.1 Å². The van der Waals surface area contributed by atoms with Crippen LogP contribution in [-0.2, 0) is 9.53 Å². The van der Waals surface area contributed by atoms with E-state index in [1.807, 2.05) is 13.8 Å². The fourth-order valence-electron chi connectivity index (χ4n) is 3.14. The fourth-order valence-corrected chi connectivity index (χ4v) is 3.14. The number of carbonyl (C=O) groups is 1. The number of ether oxygens (including phenoxy) is 1. The van der Waals surface area contributed by atoms with Crippen LogP contribution < -0.4 is 5.32 Å². The van der Waals surface area contributed by atoms with Gasteiger partial charge >= 0.3 is 5.97 Å². The van der Waals surface area contributed by atoms with Gasteiger partial charge in [-0.15, -0.1) is 0 Å². The van der Waals surface area contributed by atoms with E-state index < -0.39 is 11.3 Å². The maximum absolute atomic E-state index is 12.0. The van der Waals surface area contributed by atoms with Gasteiger partial charge in [-0.3, -0.25) is 4.79 Å². The number of hydrogen-bond acceptors (Lipinski definition) is 4. The molecule has 0 aromatic heterocycles. The number of nitrogens with one attached hydrogen (secondary N) is 1. The summed E-state index contributed by atoms with van der Waals surface area (Å²) in [6, 6.07) is 2.26. The SMILES string of the molecule is CCOC(=O)C1C(C)NC(C)(C)CC1(C)C#N. The van der Waals surface area contributed by atoms with Crippen LogP contribution in [-0.4, -0.2) is 24.2 Å². The van der Waals surface area contributed by atoms with Crippen LogP contribution >= 0.6 is 0 Å². The molecule has 4 nitrogen and oxygen atoms in total. The summed E-state index contributed by atoms with van der Waals surface area (Å²) in [5.74, 6) is -0.674. The van der Waals surface area contributed by atoms with E-state index in [0.717, 1.165) is 0 Å². The molecule has 3 unspecified atom stereocenters. The van der Waals surface area contributed by atoms with Crippen LogP contribution in [0.3, 0.4) is 0 Å². The molecule has 1 heterocycles. The van der Waals surface area contributed by atoms with Crippen molar-refractivity contribution in [1.29, 1.82) is 5.26 Å². The number of rotatable bonds is 2. The molecule has 1 rings (SSSR count). The molecule has 1 fully saturated rings. The van der Waals surface area contributed by atoms with Crippen molar-refractivity contribution >= 4 is 5.97 Å². The van der Waals surface area contributed by atoms with Gasteiger partial charge in [-0.25, -0.2) is 0 Å². The number of piperidine rings is 1. The smallest absolute Gasteiger partial charge is 0.312 e. The van der Waals surface area contributed by atoms with Gasteiger partial charge in [-0.05, 0) is 41.0 Å². The van der Waals surface area contributed by atoms with Crippen LogP contribution in [0, 0.1) is 22.7 Å². The Bertz CT molecular complexity index is 346. The predicted octanol–water partition coefficient (Wildman–Crippen LogP) is 1.86. The zero-order chi connectivity index (χ0) is 13.3. The van der Waals surface area contributed by atoms with Gasteiger partial charge in [0.15, 0.2) is 0 Å². The van der Waals surface area contributed by atoms with Crippen LogP contribution in [0.15, 0.2) is 0 Å². The molecule has 4 heteroatoms. The van der Waals surface area contributed by atoms with E-state index in [4.69, 9.17) is 4.74 Å². The third kappa shape index (κ3) is 2.78. The van der Waals surface area contributed by atoms with Crippen LogP contribution in [0.1, 0.15) is 41.0 Å². The molecule has 17 heavy (non-hydrogen) atoms. The highest BCUT2D eigenvalue weighted by molar-refractivity contribution is 5.75. The van der Waals surface area contributed by atoms with Gasteiger partial charge in [-0.1, -0.05) is 0 Å². The Morgan fingerprint density at radius 3 is 2.59 bits per heavy atom. The topological polar surface area (TPSA) is 62.1 Å². The van der Waals surface area contributed by atoms with Gasteiger partial charge in [0, 0.05) is 11.6 Å². The predicted molar refractivity (Wildman–Crippen MR) is 65.1 cm³/mol. The molecule has 3 atom stereocenters. The minimum atomic E-state index is -0.666. The van der Waals surface area contributed by atoms with Crippen molar-refractivity contribution in [3.63, 3.8) is 0 Å². The normalized spacial score (nSPS) is 36.0. The first kappa shape index (κ1) is 14.0. The number of hydrogen-bond donors (Lipinski definition) is 1. The molecule has 1 aliphatic heterocycles. The molecule has 0 amide bonds. The van der Waals surface area contributed by atoms with E-state index in [0.29, 0.717) is 13.0 Å². The lowest BCUT2D eigenvalue weighted by molar-refractivity contribution is -0.155. The highest BCUT2D eigenvalue weighted by Crippen LogP contribution is 2.42. The second kappa shape index (κ2) is 4.66. The van der Waals surface area contributed by atoms with Gasteiger partial charge in [0.2, 0.25) is 0 Å². The molecule has 0 bridgehead atoms. The molecule has 1 N–H and O–H groups in total. The maximum Gasteiger partial charge on any atom is 0.312 e. The number of nitrogens with zero attached hydrogens (tertiary/aromatic N) is 1. The monoisotopic (exact) mass is 238 g/mol. The second-order valence-corrected chi connectivity index (χ2v) is 5.75. The van der Waals surface area contributed by atoms with Crippen molar-refractivity contribution in [2.75, 3.05) is 6.61 Å².